The molecule has 68 valence electrons. The van der Waals surface area contributed by atoms with Crippen LogP contribution in [0.25, 0.3) is 0 Å². The molecule has 1 rings (SSSR count). The van der Waals surface area contributed by atoms with E-state index in [0.29, 0.717) is 5.69 Å². The van der Waals surface area contributed by atoms with Crippen LogP contribution < -0.4 is 5.32 Å². The largest absolute Gasteiger partial charge is 0.318 e. The molecule has 0 aliphatic carbocycles. The van der Waals surface area contributed by atoms with Gasteiger partial charge in [-0.25, -0.2) is 0 Å². The minimum absolute atomic E-state index is 0.560. The number of halogens is 1. The van der Waals surface area contributed by atoms with E-state index in [1.807, 2.05) is 19.1 Å². The lowest BCUT2D eigenvalue weighted by Crippen LogP contribution is -2.17. The van der Waals surface area contributed by atoms with Crippen molar-refractivity contribution in [3.63, 3.8) is 0 Å². The van der Waals surface area contributed by atoms with Gasteiger partial charge in [0, 0.05) is 5.69 Å². The molecule has 13 heavy (non-hydrogen) atoms. The molecule has 1 N–H and O–H groups in total. The van der Waals surface area contributed by atoms with Gasteiger partial charge < -0.3 is 5.32 Å². The number of nitrogens with one attached hydrogen (secondary N) is 1. The van der Waals surface area contributed by atoms with Crippen molar-refractivity contribution in [1.82, 2.24) is 0 Å². The Balaban J connectivity index is 2.70. The average molecular weight is 198 g/mol. The highest BCUT2D eigenvalue weighted by Gasteiger charge is 2.09. The Morgan fingerprint density at radius 3 is 2.23 bits per heavy atom. The molecule has 1 aromatic rings. The standard InChI is InChI=1S/C9H8ClNO2/c1-6-2-4-7(5-3-6)11-9(13)8(10)12/h2-5H,1H3,(H,11,13). The van der Waals surface area contributed by atoms with Gasteiger partial charge in [0.25, 0.3) is 0 Å². The number of benzene rings is 1. The molecule has 0 fully saturated rings. The maximum atomic E-state index is 10.8. The lowest BCUT2D eigenvalue weighted by molar-refractivity contribution is -0.130. The molecule has 0 aromatic heterocycles. The molecule has 0 bridgehead atoms. The molecular formula is C9H8ClNO2. The molecule has 0 atom stereocenters. The number of hydrogen-bond acceptors (Lipinski definition) is 2. The fourth-order valence-corrected chi connectivity index (χ4v) is 0.864. The lowest BCUT2D eigenvalue weighted by Gasteiger charge is -2.01. The molecule has 0 aliphatic rings. The van der Waals surface area contributed by atoms with Crippen molar-refractivity contribution in [3.8, 4) is 0 Å². The van der Waals surface area contributed by atoms with Crippen LogP contribution in [0.15, 0.2) is 24.3 Å². The molecule has 0 spiro atoms. The zero-order valence-corrected chi connectivity index (χ0v) is 7.76. The first-order valence-electron chi connectivity index (χ1n) is 3.67. The third-order valence-electron chi connectivity index (χ3n) is 1.49. The van der Waals surface area contributed by atoms with E-state index in [1.54, 1.807) is 12.1 Å². The third-order valence-corrected chi connectivity index (χ3v) is 1.66. The summed E-state index contributed by atoms with van der Waals surface area (Å²) in [6.45, 7) is 1.93. The zero-order valence-electron chi connectivity index (χ0n) is 7.00. The number of amides is 1. The van der Waals surface area contributed by atoms with Crippen molar-refractivity contribution < 1.29 is 9.59 Å². The zero-order chi connectivity index (χ0) is 9.84. The first-order valence-corrected chi connectivity index (χ1v) is 4.05. The molecule has 1 amide bonds. The average Bonchev–Trinajstić information content (AvgIpc) is 2.08. The summed E-state index contributed by atoms with van der Waals surface area (Å²) >= 11 is 4.96. The maximum absolute atomic E-state index is 10.8. The first kappa shape index (κ1) is 9.74. The highest BCUT2D eigenvalue weighted by Crippen LogP contribution is 2.08. The van der Waals surface area contributed by atoms with Crippen LogP contribution in [0.3, 0.4) is 0 Å². The second-order valence-electron chi connectivity index (χ2n) is 2.59. The van der Waals surface area contributed by atoms with Crippen molar-refractivity contribution in [2.75, 3.05) is 5.32 Å². The molecule has 0 saturated carbocycles. The second-order valence-corrected chi connectivity index (χ2v) is 2.94. The number of aryl methyl sites for hydroxylation is 1. The highest BCUT2D eigenvalue weighted by molar-refractivity contribution is 6.82. The summed E-state index contributed by atoms with van der Waals surface area (Å²) < 4.78 is 0. The van der Waals surface area contributed by atoms with Crippen LogP contribution >= 0.6 is 11.6 Å². The number of anilines is 1. The molecular weight excluding hydrogens is 190 g/mol. The van der Waals surface area contributed by atoms with E-state index in [0.717, 1.165) is 5.56 Å². The van der Waals surface area contributed by atoms with Crippen molar-refractivity contribution in [2.45, 2.75) is 6.92 Å². The SMILES string of the molecule is Cc1ccc(NC(=O)C(=O)Cl)cc1. The van der Waals surface area contributed by atoms with E-state index >= 15 is 0 Å². The van der Waals surface area contributed by atoms with Crippen LogP contribution in [0.2, 0.25) is 0 Å². The Morgan fingerprint density at radius 2 is 1.77 bits per heavy atom. The van der Waals surface area contributed by atoms with E-state index in [2.05, 4.69) is 5.32 Å². The number of carbonyl (C=O) groups is 2. The minimum Gasteiger partial charge on any atom is -0.318 e. The van der Waals surface area contributed by atoms with Crippen molar-refractivity contribution in [1.29, 1.82) is 0 Å². The predicted molar refractivity (Wildman–Crippen MR) is 50.7 cm³/mol. The van der Waals surface area contributed by atoms with Crippen molar-refractivity contribution >= 4 is 28.4 Å². The van der Waals surface area contributed by atoms with Gasteiger partial charge in [0.15, 0.2) is 0 Å². The van der Waals surface area contributed by atoms with Gasteiger partial charge in [-0.1, -0.05) is 17.7 Å². The summed E-state index contributed by atoms with van der Waals surface area (Å²) in [4.78, 5) is 21.2. The van der Waals surface area contributed by atoms with Crippen molar-refractivity contribution in [2.24, 2.45) is 0 Å². The van der Waals surface area contributed by atoms with Crippen LogP contribution in [0.4, 0.5) is 5.69 Å². The summed E-state index contributed by atoms with van der Waals surface area (Å²) in [6.07, 6.45) is 0. The van der Waals surface area contributed by atoms with E-state index in [4.69, 9.17) is 11.6 Å². The molecule has 0 unspecified atom stereocenters. The highest BCUT2D eigenvalue weighted by atomic mass is 35.5. The van der Waals surface area contributed by atoms with E-state index in [-0.39, 0.29) is 0 Å². The van der Waals surface area contributed by atoms with Gasteiger partial charge in [-0.05, 0) is 30.7 Å². The summed E-state index contributed by atoms with van der Waals surface area (Å²) in [6, 6.07) is 7.06. The Bertz CT molecular complexity index is 332. The summed E-state index contributed by atoms with van der Waals surface area (Å²) in [5.41, 5.74) is 1.64. The first-order chi connectivity index (χ1) is 6.09. The van der Waals surface area contributed by atoms with Crippen LogP contribution in [0.1, 0.15) is 5.56 Å². The predicted octanol–water partition coefficient (Wildman–Crippen LogP) is 1.70. The maximum Gasteiger partial charge on any atom is 0.310 e. The summed E-state index contributed by atoms with van der Waals surface area (Å²) in [7, 11) is 0. The molecule has 3 nitrogen and oxygen atoms in total. The normalized spacial score (nSPS) is 9.38. The fourth-order valence-electron chi connectivity index (χ4n) is 0.817. The summed E-state index contributed by atoms with van der Waals surface area (Å²) in [5, 5.41) is 1.33. The smallest absolute Gasteiger partial charge is 0.310 e. The minimum atomic E-state index is -1.01. The Morgan fingerprint density at radius 1 is 1.23 bits per heavy atom. The Kier molecular flexibility index (Phi) is 3.03. The lowest BCUT2D eigenvalue weighted by atomic mass is 10.2. The quantitative estimate of drug-likeness (QED) is 0.580. The number of hydrogen-bond donors (Lipinski definition) is 1. The van der Waals surface area contributed by atoms with Crippen molar-refractivity contribution in [3.05, 3.63) is 29.8 Å². The number of carbonyl (C=O) groups excluding carboxylic acids is 2. The monoisotopic (exact) mass is 197 g/mol. The van der Waals surface area contributed by atoms with Crippen LogP contribution in [0, 0.1) is 6.92 Å². The summed E-state index contributed by atoms with van der Waals surface area (Å²) in [5.74, 6) is -0.814. The topological polar surface area (TPSA) is 46.2 Å². The van der Waals surface area contributed by atoms with Gasteiger partial charge in [0.2, 0.25) is 0 Å². The molecule has 0 radical (unpaired) electrons. The Labute approximate surface area is 80.7 Å². The molecule has 1 aromatic carbocycles. The fraction of sp³-hybridized carbons (Fsp3) is 0.111. The van der Waals surface area contributed by atoms with Gasteiger partial charge >= 0.3 is 11.1 Å². The molecule has 4 heteroatoms. The van der Waals surface area contributed by atoms with Gasteiger partial charge in [-0.3, -0.25) is 9.59 Å². The van der Waals surface area contributed by atoms with Gasteiger partial charge in [-0.2, -0.15) is 0 Å². The van der Waals surface area contributed by atoms with E-state index in [9.17, 15) is 9.59 Å². The molecule has 0 saturated heterocycles. The van der Waals surface area contributed by atoms with Crippen LogP contribution in [-0.4, -0.2) is 11.1 Å². The molecule has 0 heterocycles. The van der Waals surface area contributed by atoms with Gasteiger partial charge in [-0.15, -0.1) is 0 Å². The van der Waals surface area contributed by atoms with Crippen LogP contribution in [0.5, 0.6) is 0 Å². The third kappa shape index (κ3) is 2.87. The number of rotatable bonds is 2. The molecule has 0 aliphatic heterocycles. The van der Waals surface area contributed by atoms with Gasteiger partial charge in [0.1, 0.15) is 0 Å². The Hall–Kier alpha value is -1.35. The van der Waals surface area contributed by atoms with E-state index in [1.165, 1.54) is 0 Å². The van der Waals surface area contributed by atoms with Crippen LogP contribution in [-0.2, 0) is 9.59 Å². The second kappa shape index (κ2) is 4.05. The van der Waals surface area contributed by atoms with E-state index < -0.39 is 11.1 Å². The van der Waals surface area contributed by atoms with Gasteiger partial charge in [0.05, 0.1) is 0 Å².